The number of esters is 1. The van der Waals surface area contributed by atoms with Crippen molar-refractivity contribution in [2.24, 2.45) is 5.92 Å². The second kappa shape index (κ2) is 9.06. The molecule has 5 nitrogen and oxygen atoms in total. The molecular weight excluding hydrogens is 330 g/mol. The van der Waals surface area contributed by atoms with Gasteiger partial charge in [-0.2, -0.15) is 0 Å². The first-order chi connectivity index (χ1) is 12.3. The number of hydrogen-bond donors (Lipinski definition) is 0. The molecule has 26 heavy (non-hydrogen) atoms. The monoisotopic (exact) mass is 361 g/mol. The Hall–Kier alpha value is -2.04. The normalized spacial score (nSPS) is 16.2. The molecule has 1 aromatic rings. The van der Waals surface area contributed by atoms with E-state index in [4.69, 9.17) is 9.47 Å². The van der Waals surface area contributed by atoms with Crippen LogP contribution in [-0.4, -0.2) is 35.2 Å². The molecule has 1 fully saturated rings. The second-order valence-corrected chi connectivity index (χ2v) is 8.05. The number of carbonyl (C=O) groups is 2. The predicted molar refractivity (Wildman–Crippen MR) is 101 cm³/mol. The zero-order valence-electron chi connectivity index (χ0n) is 16.4. The summed E-state index contributed by atoms with van der Waals surface area (Å²) in [5.74, 6) is 0.0181. The fraction of sp³-hybridized carbons (Fsp3) is 0.619. The Bertz CT molecular complexity index is 588. The second-order valence-electron chi connectivity index (χ2n) is 8.05. The minimum absolute atomic E-state index is 0.204. The molecule has 1 amide bonds. The first-order valence-electron chi connectivity index (χ1n) is 9.46. The van der Waals surface area contributed by atoms with E-state index < -0.39 is 23.7 Å². The Morgan fingerprint density at radius 3 is 2.35 bits per heavy atom. The van der Waals surface area contributed by atoms with Crippen molar-refractivity contribution in [3.63, 3.8) is 0 Å². The van der Waals surface area contributed by atoms with Gasteiger partial charge in [0.2, 0.25) is 0 Å². The van der Waals surface area contributed by atoms with E-state index in [1.165, 1.54) is 17.7 Å². The smallest absolute Gasteiger partial charge is 0.411 e. The van der Waals surface area contributed by atoms with Crippen LogP contribution in [0.4, 0.5) is 4.79 Å². The molecule has 0 heterocycles. The molecule has 0 spiro atoms. The van der Waals surface area contributed by atoms with Gasteiger partial charge in [-0.1, -0.05) is 43.2 Å². The van der Waals surface area contributed by atoms with Crippen molar-refractivity contribution in [2.75, 3.05) is 6.54 Å². The summed E-state index contributed by atoms with van der Waals surface area (Å²) < 4.78 is 11.0. The Morgan fingerprint density at radius 2 is 1.77 bits per heavy atom. The highest BCUT2D eigenvalue weighted by Gasteiger charge is 2.33. The van der Waals surface area contributed by atoms with Gasteiger partial charge in [0, 0.05) is 6.54 Å². The molecule has 1 aliphatic rings. The van der Waals surface area contributed by atoms with Crippen molar-refractivity contribution >= 4 is 12.1 Å². The van der Waals surface area contributed by atoms with Crippen LogP contribution in [0.5, 0.6) is 0 Å². The summed E-state index contributed by atoms with van der Waals surface area (Å²) in [6, 6.07) is 8.86. The molecule has 1 atom stereocenters. The maximum absolute atomic E-state index is 12.7. The van der Waals surface area contributed by atoms with Gasteiger partial charge in [0.05, 0.1) is 0 Å². The fourth-order valence-corrected chi connectivity index (χ4v) is 3.16. The quantitative estimate of drug-likeness (QED) is 0.698. The lowest BCUT2D eigenvalue weighted by molar-refractivity contribution is -0.150. The summed E-state index contributed by atoms with van der Waals surface area (Å²) in [6.45, 7) is 7.95. The van der Waals surface area contributed by atoms with E-state index in [-0.39, 0.29) is 6.61 Å². The maximum Gasteiger partial charge on any atom is 0.411 e. The lowest BCUT2D eigenvalue weighted by Gasteiger charge is -2.32. The van der Waals surface area contributed by atoms with Gasteiger partial charge in [0.1, 0.15) is 18.2 Å². The highest BCUT2D eigenvalue weighted by Crippen LogP contribution is 2.27. The molecule has 0 bridgehead atoms. The topological polar surface area (TPSA) is 55.8 Å². The number of benzene rings is 1. The van der Waals surface area contributed by atoms with Gasteiger partial charge < -0.3 is 9.47 Å². The van der Waals surface area contributed by atoms with Crippen molar-refractivity contribution in [3.05, 3.63) is 35.9 Å². The van der Waals surface area contributed by atoms with Crippen LogP contribution in [0.25, 0.3) is 0 Å². The summed E-state index contributed by atoms with van der Waals surface area (Å²) in [4.78, 5) is 26.7. The molecule has 0 aromatic heterocycles. The van der Waals surface area contributed by atoms with E-state index in [9.17, 15) is 9.59 Å². The van der Waals surface area contributed by atoms with Crippen LogP contribution in [0.3, 0.4) is 0 Å². The Balaban J connectivity index is 2.01. The summed E-state index contributed by atoms with van der Waals surface area (Å²) in [6.07, 6.45) is 4.09. The van der Waals surface area contributed by atoms with Crippen LogP contribution in [0.15, 0.2) is 30.3 Å². The fourth-order valence-electron chi connectivity index (χ4n) is 3.16. The van der Waals surface area contributed by atoms with E-state index in [1.54, 1.807) is 6.92 Å². The third kappa shape index (κ3) is 6.36. The third-order valence-corrected chi connectivity index (χ3v) is 4.59. The van der Waals surface area contributed by atoms with Gasteiger partial charge in [-0.25, -0.2) is 9.59 Å². The number of carbonyl (C=O) groups excluding carboxylic acids is 2. The SMILES string of the molecule is C[C@@H](C(=O)OCc1ccccc1)N(CC1CCCC1)C(=O)OC(C)(C)C. The third-order valence-electron chi connectivity index (χ3n) is 4.59. The van der Waals surface area contributed by atoms with Gasteiger partial charge >= 0.3 is 12.1 Å². The van der Waals surface area contributed by atoms with E-state index >= 15 is 0 Å². The van der Waals surface area contributed by atoms with Crippen molar-refractivity contribution in [2.45, 2.75) is 71.6 Å². The van der Waals surface area contributed by atoms with Gasteiger partial charge in [0.25, 0.3) is 0 Å². The van der Waals surface area contributed by atoms with Crippen molar-refractivity contribution < 1.29 is 19.1 Å². The van der Waals surface area contributed by atoms with E-state index in [2.05, 4.69) is 0 Å². The van der Waals surface area contributed by atoms with E-state index in [0.29, 0.717) is 12.5 Å². The van der Waals surface area contributed by atoms with Crippen LogP contribution in [0, 0.1) is 5.92 Å². The highest BCUT2D eigenvalue weighted by atomic mass is 16.6. The molecule has 0 unspecified atom stereocenters. The van der Waals surface area contributed by atoms with Gasteiger partial charge in [-0.15, -0.1) is 0 Å². The average molecular weight is 361 g/mol. The first-order valence-corrected chi connectivity index (χ1v) is 9.46. The number of ether oxygens (including phenoxy) is 2. The van der Waals surface area contributed by atoms with Crippen molar-refractivity contribution in [1.82, 2.24) is 4.90 Å². The number of rotatable bonds is 6. The van der Waals surface area contributed by atoms with Crippen LogP contribution < -0.4 is 0 Å². The maximum atomic E-state index is 12.7. The largest absolute Gasteiger partial charge is 0.459 e. The van der Waals surface area contributed by atoms with Crippen molar-refractivity contribution in [1.29, 1.82) is 0 Å². The van der Waals surface area contributed by atoms with Gasteiger partial charge in [-0.3, -0.25) is 4.90 Å². The number of hydrogen-bond acceptors (Lipinski definition) is 4. The minimum Gasteiger partial charge on any atom is -0.459 e. The van der Waals surface area contributed by atoms with E-state index in [0.717, 1.165) is 18.4 Å². The lowest BCUT2D eigenvalue weighted by atomic mass is 10.1. The zero-order chi connectivity index (χ0) is 19.2. The summed E-state index contributed by atoms with van der Waals surface area (Å²) >= 11 is 0. The predicted octanol–water partition coefficient (Wildman–Crippen LogP) is 4.55. The summed E-state index contributed by atoms with van der Waals surface area (Å²) in [5, 5.41) is 0. The Labute approximate surface area is 156 Å². The van der Waals surface area contributed by atoms with Crippen LogP contribution >= 0.6 is 0 Å². The number of nitrogens with zero attached hydrogens (tertiary/aromatic N) is 1. The molecular formula is C21H31NO4. The van der Waals surface area contributed by atoms with Crippen LogP contribution in [-0.2, 0) is 20.9 Å². The molecule has 0 aliphatic heterocycles. The van der Waals surface area contributed by atoms with Gasteiger partial charge in [-0.05, 0) is 52.0 Å². The van der Waals surface area contributed by atoms with Crippen molar-refractivity contribution in [3.8, 4) is 0 Å². The molecule has 1 aromatic carbocycles. The number of amides is 1. The first kappa shape index (κ1) is 20.3. The summed E-state index contributed by atoms with van der Waals surface area (Å²) in [5.41, 5.74) is 0.325. The standard InChI is InChI=1S/C21H31NO4/c1-16(19(23)25-15-18-12-6-5-7-13-18)22(14-17-10-8-9-11-17)20(24)26-21(2,3)4/h5-7,12-13,16-17H,8-11,14-15H2,1-4H3/t16-/m0/s1. The average Bonchev–Trinajstić information content (AvgIpc) is 3.09. The minimum atomic E-state index is -0.672. The van der Waals surface area contributed by atoms with Gasteiger partial charge in [0.15, 0.2) is 0 Å². The Kier molecular flexibility index (Phi) is 7.06. The molecule has 144 valence electrons. The van der Waals surface area contributed by atoms with Crippen LogP contribution in [0.2, 0.25) is 0 Å². The molecule has 0 saturated heterocycles. The zero-order valence-corrected chi connectivity index (χ0v) is 16.4. The summed E-state index contributed by atoms with van der Waals surface area (Å²) in [7, 11) is 0. The Morgan fingerprint density at radius 1 is 1.15 bits per heavy atom. The molecule has 5 heteroatoms. The molecule has 2 rings (SSSR count). The highest BCUT2D eigenvalue weighted by molar-refractivity contribution is 5.81. The molecule has 0 N–H and O–H groups in total. The molecule has 0 radical (unpaired) electrons. The molecule has 1 saturated carbocycles. The van der Waals surface area contributed by atoms with Crippen LogP contribution in [0.1, 0.15) is 58.9 Å². The molecule has 1 aliphatic carbocycles. The lowest BCUT2D eigenvalue weighted by Crippen LogP contribution is -2.48. The van der Waals surface area contributed by atoms with E-state index in [1.807, 2.05) is 51.1 Å².